The van der Waals surface area contributed by atoms with Crippen molar-refractivity contribution in [2.24, 2.45) is 5.92 Å². The van der Waals surface area contributed by atoms with Crippen molar-refractivity contribution >= 4 is 29.2 Å². The quantitative estimate of drug-likeness (QED) is 0.868. The second-order valence-electron chi connectivity index (χ2n) is 4.15. The number of hydrogen-bond acceptors (Lipinski definition) is 2. The first-order chi connectivity index (χ1) is 7.93. The van der Waals surface area contributed by atoms with Gasteiger partial charge >= 0.3 is 5.97 Å². The zero-order valence-corrected chi connectivity index (χ0v) is 11.2. The summed E-state index contributed by atoms with van der Waals surface area (Å²) in [5, 5.41) is 12.9. The lowest BCUT2D eigenvalue weighted by atomic mass is 10.0. The number of hydrogen-bond donors (Lipinski definition) is 2. The summed E-state index contributed by atoms with van der Waals surface area (Å²) in [6.45, 7) is 4.09. The van der Waals surface area contributed by atoms with Gasteiger partial charge in [-0.2, -0.15) is 0 Å². The molecule has 0 aliphatic carbocycles. The lowest BCUT2D eigenvalue weighted by molar-refractivity contribution is -0.140. The molecule has 0 spiro atoms. The molecular weight excluding hydrogens is 261 g/mol. The summed E-state index contributed by atoms with van der Waals surface area (Å²) >= 11 is 11.9. The average molecular weight is 276 g/mol. The second-order valence-corrected chi connectivity index (χ2v) is 4.94. The molecule has 3 nitrogen and oxygen atoms in total. The van der Waals surface area contributed by atoms with Crippen molar-refractivity contribution in [3.63, 3.8) is 0 Å². The third-order valence-electron chi connectivity index (χ3n) is 2.48. The number of nitrogens with one attached hydrogen (secondary N) is 1. The van der Waals surface area contributed by atoms with E-state index < -0.39 is 12.0 Å². The zero-order valence-electron chi connectivity index (χ0n) is 9.71. The molecule has 17 heavy (non-hydrogen) atoms. The van der Waals surface area contributed by atoms with Crippen molar-refractivity contribution in [1.82, 2.24) is 5.32 Å². The van der Waals surface area contributed by atoms with Gasteiger partial charge in [-0.3, -0.25) is 4.79 Å². The van der Waals surface area contributed by atoms with E-state index in [0.717, 1.165) is 5.56 Å². The number of benzene rings is 1. The molecule has 5 heteroatoms. The van der Waals surface area contributed by atoms with Gasteiger partial charge in [0.05, 0.1) is 10.0 Å². The van der Waals surface area contributed by atoms with Gasteiger partial charge in [-0.05, 0) is 17.5 Å². The van der Waals surface area contributed by atoms with E-state index in [4.69, 9.17) is 28.3 Å². The third kappa shape index (κ3) is 3.87. The van der Waals surface area contributed by atoms with Crippen LogP contribution < -0.4 is 5.32 Å². The van der Waals surface area contributed by atoms with Gasteiger partial charge in [0, 0.05) is 6.54 Å². The molecule has 0 aliphatic rings. The Balaban J connectivity index is 2.72. The summed E-state index contributed by atoms with van der Waals surface area (Å²) in [4.78, 5) is 11.0. The molecule has 0 fully saturated rings. The molecular formula is C12H15Cl2NO2. The first-order valence-corrected chi connectivity index (χ1v) is 6.08. The topological polar surface area (TPSA) is 49.3 Å². The minimum Gasteiger partial charge on any atom is -0.480 e. The van der Waals surface area contributed by atoms with E-state index in [1.165, 1.54) is 0 Å². The molecule has 2 N–H and O–H groups in total. The molecule has 0 heterocycles. The third-order valence-corrected chi connectivity index (χ3v) is 3.33. The van der Waals surface area contributed by atoms with Crippen LogP contribution >= 0.6 is 23.2 Å². The monoisotopic (exact) mass is 275 g/mol. The Kier molecular flexibility index (Phi) is 5.25. The summed E-state index contributed by atoms with van der Waals surface area (Å²) < 4.78 is 0. The first-order valence-electron chi connectivity index (χ1n) is 5.32. The number of halogens is 2. The molecule has 1 rings (SSSR count). The fourth-order valence-corrected chi connectivity index (χ4v) is 1.90. The Labute approximate surface area is 111 Å². The molecule has 1 aromatic rings. The van der Waals surface area contributed by atoms with Gasteiger partial charge in [-0.25, -0.2) is 0 Å². The Morgan fingerprint density at radius 3 is 2.59 bits per heavy atom. The predicted molar refractivity (Wildman–Crippen MR) is 69.6 cm³/mol. The Bertz CT molecular complexity index is 407. The molecule has 0 unspecified atom stereocenters. The van der Waals surface area contributed by atoms with Gasteiger partial charge in [0.2, 0.25) is 0 Å². The molecule has 1 aromatic carbocycles. The van der Waals surface area contributed by atoms with Crippen molar-refractivity contribution in [2.75, 3.05) is 0 Å². The van der Waals surface area contributed by atoms with Gasteiger partial charge in [-0.1, -0.05) is 49.2 Å². The maximum absolute atomic E-state index is 11.0. The van der Waals surface area contributed by atoms with Crippen molar-refractivity contribution in [3.8, 4) is 0 Å². The van der Waals surface area contributed by atoms with E-state index in [1.54, 1.807) is 12.1 Å². The number of rotatable bonds is 5. The van der Waals surface area contributed by atoms with E-state index in [2.05, 4.69) is 5.32 Å². The Hall–Kier alpha value is -0.770. The second kappa shape index (κ2) is 6.24. The van der Waals surface area contributed by atoms with Crippen molar-refractivity contribution in [1.29, 1.82) is 0 Å². The maximum atomic E-state index is 11.0. The highest BCUT2D eigenvalue weighted by atomic mass is 35.5. The van der Waals surface area contributed by atoms with Crippen LogP contribution in [0.4, 0.5) is 0 Å². The molecule has 0 saturated carbocycles. The highest BCUT2D eigenvalue weighted by Gasteiger charge is 2.20. The van der Waals surface area contributed by atoms with Crippen LogP contribution in [-0.2, 0) is 11.3 Å². The minimum atomic E-state index is -0.863. The fraction of sp³-hybridized carbons (Fsp3) is 0.417. The van der Waals surface area contributed by atoms with Crippen molar-refractivity contribution < 1.29 is 9.90 Å². The molecule has 1 atom stereocenters. The Morgan fingerprint density at radius 1 is 1.41 bits per heavy atom. The Morgan fingerprint density at radius 2 is 2.06 bits per heavy atom. The van der Waals surface area contributed by atoms with E-state index in [9.17, 15) is 4.79 Å². The molecule has 0 aliphatic heterocycles. The normalized spacial score (nSPS) is 12.8. The summed E-state index contributed by atoms with van der Waals surface area (Å²) in [5.41, 5.74) is 0.797. The summed E-state index contributed by atoms with van der Waals surface area (Å²) in [7, 11) is 0. The van der Waals surface area contributed by atoms with E-state index >= 15 is 0 Å². The number of aliphatic carboxylic acids is 1. The molecule has 0 radical (unpaired) electrons. The minimum absolute atomic E-state index is 0.00506. The molecule has 0 amide bonds. The lowest BCUT2D eigenvalue weighted by Crippen LogP contribution is -2.40. The van der Waals surface area contributed by atoms with Crippen LogP contribution in [0.15, 0.2) is 18.2 Å². The van der Waals surface area contributed by atoms with Gasteiger partial charge in [0.15, 0.2) is 0 Å². The standard InChI is InChI=1S/C12H15Cl2NO2/c1-7(2)11(12(16)17)15-6-8-4-3-5-9(13)10(8)14/h3-5,7,11,15H,6H2,1-2H3,(H,16,17)/t11-/m1/s1. The molecule has 94 valence electrons. The van der Waals surface area contributed by atoms with Crippen LogP contribution in [0.1, 0.15) is 19.4 Å². The summed E-state index contributed by atoms with van der Waals surface area (Å²) in [6, 6.07) is 4.71. The van der Waals surface area contributed by atoms with Crippen LogP contribution in [0.5, 0.6) is 0 Å². The lowest BCUT2D eigenvalue weighted by Gasteiger charge is -2.18. The van der Waals surface area contributed by atoms with Gasteiger partial charge in [0.25, 0.3) is 0 Å². The van der Waals surface area contributed by atoms with Crippen LogP contribution in [0, 0.1) is 5.92 Å². The summed E-state index contributed by atoms with van der Waals surface area (Å²) in [5.74, 6) is -0.858. The molecule has 0 saturated heterocycles. The van der Waals surface area contributed by atoms with Gasteiger partial charge in [-0.15, -0.1) is 0 Å². The highest BCUT2D eigenvalue weighted by Crippen LogP contribution is 2.25. The number of carboxylic acids is 1. The van der Waals surface area contributed by atoms with E-state index in [0.29, 0.717) is 16.6 Å². The average Bonchev–Trinajstić information content (AvgIpc) is 2.23. The smallest absolute Gasteiger partial charge is 0.320 e. The largest absolute Gasteiger partial charge is 0.480 e. The molecule has 0 aromatic heterocycles. The van der Waals surface area contributed by atoms with E-state index in [-0.39, 0.29) is 5.92 Å². The highest BCUT2D eigenvalue weighted by molar-refractivity contribution is 6.42. The van der Waals surface area contributed by atoms with E-state index in [1.807, 2.05) is 19.9 Å². The predicted octanol–water partition coefficient (Wildman–Crippen LogP) is 3.19. The summed E-state index contributed by atoms with van der Waals surface area (Å²) in [6.07, 6.45) is 0. The SMILES string of the molecule is CC(C)[C@@H](NCc1cccc(Cl)c1Cl)C(=O)O. The zero-order chi connectivity index (χ0) is 13.0. The van der Waals surface area contributed by atoms with Crippen molar-refractivity contribution in [2.45, 2.75) is 26.4 Å². The van der Waals surface area contributed by atoms with Crippen LogP contribution in [-0.4, -0.2) is 17.1 Å². The number of carboxylic acid groups (broad SMARTS) is 1. The van der Waals surface area contributed by atoms with Crippen molar-refractivity contribution in [3.05, 3.63) is 33.8 Å². The van der Waals surface area contributed by atoms with Crippen LogP contribution in [0.3, 0.4) is 0 Å². The molecule has 0 bridgehead atoms. The fourth-order valence-electron chi connectivity index (χ4n) is 1.51. The number of carbonyl (C=O) groups is 1. The van der Waals surface area contributed by atoms with Crippen LogP contribution in [0.25, 0.3) is 0 Å². The first kappa shape index (κ1) is 14.3. The van der Waals surface area contributed by atoms with Crippen LogP contribution in [0.2, 0.25) is 10.0 Å². The maximum Gasteiger partial charge on any atom is 0.320 e. The van der Waals surface area contributed by atoms with Gasteiger partial charge < -0.3 is 10.4 Å². The van der Waals surface area contributed by atoms with Gasteiger partial charge in [0.1, 0.15) is 6.04 Å².